The molecule has 0 saturated heterocycles. The quantitative estimate of drug-likeness (QED) is 0.880. The third kappa shape index (κ3) is 1.99. The number of benzene rings is 1. The summed E-state index contributed by atoms with van der Waals surface area (Å²) >= 11 is 0. The van der Waals surface area contributed by atoms with E-state index in [1.54, 1.807) is 0 Å². The largest absolute Gasteiger partial charge is 0.478 e. The molecule has 0 aliphatic heterocycles. The molecule has 19 heavy (non-hydrogen) atoms. The fourth-order valence-electron chi connectivity index (χ4n) is 3.27. The van der Waals surface area contributed by atoms with Gasteiger partial charge < -0.3 is 10.4 Å². The normalized spacial score (nSPS) is 27.7. The van der Waals surface area contributed by atoms with E-state index in [9.17, 15) is 14.0 Å². The van der Waals surface area contributed by atoms with Gasteiger partial charge in [-0.2, -0.15) is 0 Å². The first-order valence-electron chi connectivity index (χ1n) is 6.42. The molecule has 5 heteroatoms. The van der Waals surface area contributed by atoms with E-state index >= 15 is 0 Å². The van der Waals surface area contributed by atoms with Crippen LogP contribution in [0.4, 0.5) is 10.1 Å². The molecule has 0 bridgehead atoms. The third-order valence-corrected chi connectivity index (χ3v) is 4.19. The molecular formula is C14H14FNO3. The van der Waals surface area contributed by atoms with Crippen molar-refractivity contribution < 1.29 is 19.1 Å². The molecule has 2 fully saturated rings. The second-order valence-electron chi connectivity index (χ2n) is 5.24. The van der Waals surface area contributed by atoms with Crippen molar-refractivity contribution in [2.75, 3.05) is 5.32 Å². The van der Waals surface area contributed by atoms with Crippen molar-refractivity contribution in [3.05, 3.63) is 29.6 Å². The predicted molar refractivity (Wildman–Crippen MR) is 66.3 cm³/mol. The average molecular weight is 263 g/mol. The molecule has 2 aliphatic rings. The molecule has 0 aromatic heterocycles. The zero-order valence-corrected chi connectivity index (χ0v) is 10.2. The van der Waals surface area contributed by atoms with Gasteiger partial charge in [-0.25, -0.2) is 9.18 Å². The first kappa shape index (κ1) is 12.1. The Morgan fingerprint density at radius 2 is 1.95 bits per heavy atom. The molecule has 100 valence electrons. The van der Waals surface area contributed by atoms with Crippen molar-refractivity contribution in [3.63, 3.8) is 0 Å². The van der Waals surface area contributed by atoms with Crippen LogP contribution < -0.4 is 5.32 Å². The van der Waals surface area contributed by atoms with E-state index in [4.69, 9.17) is 5.11 Å². The standard InChI is InChI=1S/C14H14FNO3/c15-9-5-2-6-10(12(9)14(18)19)16-13(17)11-7-3-1-4-8(7)11/h2,5-8,11H,1,3-4H2,(H,16,17)(H,18,19). The van der Waals surface area contributed by atoms with Crippen LogP contribution in [-0.4, -0.2) is 17.0 Å². The summed E-state index contributed by atoms with van der Waals surface area (Å²) in [5.41, 5.74) is -0.427. The van der Waals surface area contributed by atoms with E-state index in [0.29, 0.717) is 11.8 Å². The highest BCUT2D eigenvalue weighted by Crippen LogP contribution is 2.57. The van der Waals surface area contributed by atoms with Gasteiger partial charge >= 0.3 is 5.97 Å². The minimum atomic E-state index is -1.37. The molecule has 2 aliphatic carbocycles. The molecule has 2 atom stereocenters. The van der Waals surface area contributed by atoms with Crippen molar-refractivity contribution >= 4 is 17.6 Å². The van der Waals surface area contributed by atoms with Crippen molar-refractivity contribution in [1.82, 2.24) is 0 Å². The van der Waals surface area contributed by atoms with Gasteiger partial charge in [0, 0.05) is 5.92 Å². The lowest BCUT2D eigenvalue weighted by atomic mass is 10.1. The van der Waals surface area contributed by atoms with Crippen LogP contribution in [0.15, 0.2) is 18.2 Å². The molecule has 3 rings (SSSR count). The van der Waals surface area contributed by atoms with E-state index in [2.05, 4.69) is 5.32 Å². The summed E-state index contributed by atoms with van der Waals surface area (Å²) in [7, 11) is 0. The number of amides is 1. The maximum atomic E-state index is 13.5. The van der Waals surface area contributed by atoms with E-state index in [0.717, 1.165) is 18.9 Å². The fourth-order valence-corrected chi connectivity index (χ4v) is 3.27. The summed E-state index contributed by atoms with van der Waals surface area (Å²) in [5.74, 6) is -1.50. The predicted octanol–water partition coefficient (Wildman–Crippen LogP) is 2.51. The number of hydrogen-bond donors (Lipinski definition) is 2. The summed E-state index contributed by atoms with van der Waals surface area (Å²) in [5, 5.41) is 11.5. The number of halogens is 1. The number of aromatic carboxylic acids is 1. The lowest BCUT2D eigenvalue weighted by molar-refractivity contribution is -0.118. The summed E-state index contributed by atoms with van der Waals surface area (Å²) in [6.07, 6.45) is 3.30. The zero-order valence-electron chi connectivity index (χ0n) is 10.2. The van der Waals surface area contributed by atoms with Crippen LogP contribution in [0.2, 0.25) is 0 Å². The molecule has 0 spiro atoms. The van der Waals surface area contributed by atoms with Crippen molar-refractivity contribution in [1.29, 1.82) is 0 Å². The van der Waals surface area contributed by atoms with Gasteiger partial charge in [0.25, 0.3) is 0 Å². The van der Waals surface area contributed by atoms with Crippen LogP contribution in [-0.2, 0) is 4.79 Å². The molecule has 2 unspecified atom stereocenters. The maximum Gasteiger partial charge on any atom is 0.340 e. The minimum Gasteiger partial charge on any atom is -0.478 e. The number of anilines is 1. The van der Waals surface area contributed by atoms with Crippen LogP contribution in [0.1, 0.15) is 29.6 Å². The van der Waals surface area contributed by atoms with Gasteiger partial charge in [-0.3, -0.25) is 4.79 Å². The lowest BCUT2D eigenvalue weighted by Gasteiger charge is -2.10. The Morgan fingerprint density at radius 3 is 2.58 bits per heavy atom. The van der Waals surface area contributed by atoms with Gasteiger partial charge in [-0.05, 0) is 36.8 Å². The van der Waals surface area contributed by atoms with E-state index in [-0.39, 0.29) is 17.5 Å². The van der Waals surface area contributed by atoms with Crippen LogP contribution >= 0.6 is 0 Å². The topological polar surface area (TPSA) is 66.4 Å². The Hall–Kier alpha value is -1.91. The van der Waals surface area contributed by atoms with Crippen molar-refractivity contribution in [2.24, 2.45) is 17.8 Å². The fraction of sp³-hybridized carbons (Fsp3) is 0.429. The molecule has 1 aromatic carbocycles. The van der Waals surface area contributed by atoms with E-state index < -0.39 is 17.3 Å². The van der Waals surface area contributed by atoms with Gasteiger partial charge in [0.2, 0.25) is 5.91 Å². The number of carbonyl (C=O) groups excluding carboxylic acids is 1. The molecule has 0 radical (unpaired) electrons. The number of rotatable bonds is 3. The summed E-state index contributed by atoms with van der Waals surface area (Å²) in [4.78, 5) is 23.1. The van der Waals surface area contributed by atoms with Crippen LogP contribution in [0.5, 0.6) is 0 Å². The Kier molecular flexibility index (Phi) is 2.77. The highest BCUT2D eigenvalue weighted by atomic mass is 19.1. The number of carbonyl (C=O) groups is 2. The lowest BCUT2D eigenvalue weighted by Crippen LogP contribution is -2.19. The number of nitrogens with one attached hydrogen (secondary N) is 1. The number of carboxylic acids is 1. The summed E-state index contributed by atoms with van der Waals surface area (Å²) in [6, 6.07) is 3.89. The summed E-state index contributed by atoms with van der Waals surface area (Å²) < 4.78 is 13.5. The smallest absolute Gasteiger partial charge is 0.340 e. The van der Waals surface area contributed by atoms with E-state index in [1.807, 2.05) is 0 Å². The van der Waals surface area contributed by atoms with Gasteiger partial charge in [0.15, 0.2) is 0 Å². The first-order valence-corrected chi connectivity index (χ1v) is 6.42. The number of carboxylic acid groups (broad SMARTS) is 1. The van der Waals surface area contributed by atoms with Crippen LogP contribution in [0, 0.1) is 23.6 Å². The summed E-state index contributed by atoms with van der Waals surface area (Å²) in [6.45, 7) is 0. The Morgan fingerprint density at radius 1 is 1.26 bits per heavy atom. The molecule has 1 amide bonds. The van der Waals surface area contributed by atoms with Crippen molar-refractivity contribution in [2.45, 2.75) is 19.3 Å². The van der Waals surface area contributed by atoms with Crippen LogP contribution in [0.3, 0.4) is 0 Å². The zero-order chi connectivity index (χ0) is 13.6. The minimum absolute atomic E-state index is 0.0151. The second kappa shape index (κ2) is 4.33. The highest BCUT2D eigenvalue weighted by Gasteiger charge is 2.56. The van der Waals surface area contributed by atoms with Gasteiger partial charge in [-0.15, -0.1) is 0 Å². The Labute approximate surface area is 109 Å². The SMILES string of the molecule is O=C(O)c1c(F)cccc1NC(=O)C1C2CCCC21. The molecule has 2 N–H and O–H groups in total. The number of fused-ring (bicyclic) bond motifs is 1. The Bertz CT molecular complexity index is 548. The molecule has 0 heterocycles. The Balaban J connectivity index is 1.78. The average Bonchev–Trinajstić information content (AvgIpc) is 2.83. The van der Waals surface area contributed by atoms with Gasteiger partial charge in [-0.1, -0.05) is 12.5 Å². The molecule has 2 saturated carbocycles. The number of hydrogen-bond acceptors (Lipinski definition) is 2. The monoisotopic (exact) mass is 263 g/mol. The third-order valence-electron chi connectivity index (χ3n) is 4.19. The highest BCUT2D eigenvalue weighted by molar-refractivity contribution is 6.02. The molecule has 1 aromatic rings. The first-order chi connectivity index (χ1) is 9.09. The van der Waals surface area contributed by atoms with E-state index in [1.165, 1.54) is 18.6 Å². The van der Waals surface area contributed by atoms with Crippen LogP contribution in [0.25, 0.3) is 0 Å². The maximum absolute atomic E-state index is 13.5. The van der Waals surface area contributed by atoms with Crippen molar-refractivity contribution in [3.8, 4) is 0 Å². The molecule has 4 nitrogen and oxygen atoms in total. The molecular weight excluding hydrogens is 249 g/mol. The van der Waals surface area contributed by atoms with Gasteiger partial charge in [0.1, 0.15) is 11.4 Å². The van der Waals surface area contributed by atoms with Gasteiger partial charge in [0.05, 0.1) is 5.69 Å². The second-order valence-corrected chi connectivity index (χ2v) is 5.24.